The van der Waals surface area contributed by atoms with Gasteiger partial charge in [0.05, 0.1) is 23.0 Å². The van der Waals surface area contributed by atoms with Crippen molar-refractivity contribution in [3.05, 3.63) is 52.1 Å². The zero-order chi connectivity index (χ0) is 22.3. The number of hydrogen-bond donors (Lipinski definition) is 1. The van der Waals surface area contributed by atoms with E-state index in [9.17, 15) is 16.8 Å². The predicted molar refractivity (Wildman–Crippen MR) is 117 cm³/mol. The Morgan fingerprint density at radius 1 is 0.767 bits per heavy atom. The summed E-state index contributed by atoms with van der Waals surface area (Å²) in [5.74, 6) is 0. The molecule has 1 aliphatic rings. The van der Waals surface area contributed by atoms with Crippen molar-refractivity contribution in [3.63, 3.8) is 0 Å². The third kappa shape index (κ3) is 4.12. The van der Waals surface area contributed by atoms with Gasteiger partial charge >= 0.3 is 0 Å². The predicted octanol–water partition coefficient (Wildman–Crippen LogP) is 3.05. The van der Waals surface area contributed by atoms with Crippen LogP contribution >= 0.6 is 0 Å². The molecule has 0 aromatic heterocycles. The average Bonchev–Trinajstić information content (AvgIpc) is 2.71. The highest BCUT2D eigenvalue weighted by molar-refractivity contribution is 7.92. The number of benzene rings is 2. The summed E-state index contributed by atoms with van der Waals surface area (Å²) in [7, 11) is -7.46. The van der Waals surface area contributed by atoms with Gasteiger partial charge in [-0.25, -0.2) is 16.8 Å². The molecule has 1 N–H and O–H groups in total. The molecule has 30 heavy (non-hydrogen) atoms. The van der Waals surface area contributed by atoms with Crippen molar-refractivity contribution in [2.45, 2.75) is 44.4 Å². The topological polar surface area (TPSA) is 92.8 Å². The first-order valence-corrected chi connectivity index (χ1v) is 12.7. The van der Waals surface area contributed by atoms with Gasteiger partial charge in [0.15, 0.2) is 0 Å². The SMILES string of the molecule is Cc1c(C)c(C)c(S(=O)(=O)Nc2ccc(S(=O)(=O)N3CCOCC3)cc2)c(C)c1C. The summed E-state index contributed by atoms with van der Waals surface area (Å²) in [6, 6.07) is 5.80. The number of anilines is 1. The van der Waals surface area contributed by atoms with Gasteiger partial charge in [0.25, 0.3) is 10.0 Å². The van der Waals surface area contributed by atoms with E-state index in [1.54, 1.807) is 13.8 Å². The normalized spacial score (nSPS) is 15.9. The maximum Gasteiger partial charge on any atom is 0.262 e. The van der Waals surface area contributed by atoms with Crippen LogP contribution in [0, 0.1) is 34.6 Å². The molecule has 9 heteroatoms. The van der Waals surface area contributed by atoms with Gasteiger partial charge in [0.2, 0.25) is 10.0 Å². The lowest BCUT2D eigenvalue weighted by atomic mass is 9.95. The molecule has 0 spiro atoms. The van der Waals surface area contributed by atoms with E-state index in [0.717, 1.165) is 27.8 Å². The van der Waals surface area contributed by atoms with Crippen LogP contribution in [0.3, 0.4) is 0 Å². The Labute approximate surface area is 179 Å². The van der Waals surface area contributed by atoms with Crippen LogP contribution in [0.5, 0.6) is 0 Å². The van der Waals surface area contributed by atoms with Gasteiger partial charge in [0, 0.05) is 18.8 Å². The highest BCUT2D eigenvalue weighted by Crippen LogP contribution is 2.31. The molecule has 0 atom stereocenters. The quantitative estimate of drug-likeness (QED) is 0.753. The molecule has 7 nitrogen and oxygen atoms in total. The van der Waals surface area contributed by atoms with Gasteiger partial charge in [-0.05, 0) is 86.7 Å². The summed E-state index contributed by atoms with van der Waals surface area (Å²) < 4.78 is 60.9. The van der Waals surface area contributed by atoms with Crippen LogP contribution in [0.25, 0.3) is 0 Å². The number of ether oxygens (including phenoxy) is 1. The summed E-state index contributed by atoms with van der Waals surface area (Å²) in [5.41, 5.74) is 4.73. The fourth-order valence-electron chi connectivity index (χ4n) is 3.71. The molecule has 1 aliphatic heterocycles. The molecule has 1 heterocycles. The fraction of sp³-hybridized carbons (Fsp3) is 0.429. The maximum atomic E-state index is 13.1. The summed E-state index contributed by atoms with van der Waals surface area (Å²) >= 11 is 0. The van der Waals surface area contributed by atoms with Crippen molar-refractivity contribution in [1.29, 1.82) is 0 Å². The second-order valence-electron chi connectivity index (χ2n) is 7.60. The van der Waals surface area contributed by atoms with Crippen LogP contribution in [-0.4, -0.2) is 47.4 Å². The molecule has 0 bridgehead atoms. The zero-order valence-electron chi connectivity index (χ0n) is 17.9. The highest BCUT2D eigenvalue weighted by Gasteiger charge is 2.27. The standard InChI is InChI=1S/C21H28N2O5S2/c1-14-15(2)17(4)21(18(5)16(14)3)29(24,25)22-19-6-8-20(9-7-19)30(26,27)23-10-12-28-13-11-23/h6-9,22H,10-13H2,1-5H3. The Bertz CT molecular complexity index is 1140. The minimum atomic E-state index is -3.83. The number of hydrogen-bond acceptors (Lipinski definition) is 5. The van der Waals surface area contributed by atoms with E-state index in [0.29, 0.717) is 32.0 Å². The largest absolute Gasteiger partial charge is 0.379 e. The van der Waals surface area contributed by atoms with E-state index in [4.69, 9.17) is 4.74 Å². The highest BCUT2D eigenvalue weighted by atomic mass is 32.2. The Hall–Kier alpha value is -1.94. The first-order chi connectivity index (χ1) is 14.0. The van der Waals surface area contributed by atoms with Crippen LogP contribution in [0.15, 0.2) is 34.1 Å². The van der Waals surface area contributed by atoms with Gasteiger partial charge < -0.3 is 4.74 Å². The summed E-state index contributed by atoms with van der Waals surface area (Å²) in [5, 5.41) is 0. The fourth-order valence-corrected chi connectivity index (χ4v) is 6.77. The van der Waals surface area contributed by atoms with Crippen LogP contribution in [0.1, 0.15) is 27.8 Å². The van der Waals surface area contributed by atoms with Crippen molar-refractivity contribution in [2.24, 2.45) is 0 Å². The molecule has 3 rings (SSSR count). The zero-order valence-corrected chi connectivity index (χ0v) is 19.6. The van der Waals surface area contributed by atoms with Gasteiger partial charge in [-0.15, -0.1) is 0 Å². The molecule has 0 radical (unpaired) electrons. The molecule has 0 amide bonds. The maximum absolute atomic E-state index is 13.1. The van der Waals surface area contributed by atoms with Crippen LogP contribution in [0.4, 0.5) is 5.69 Å². The summed E-state index contributed by atoms with van der Waals surface area (Å²) in [6.07, 6.45) is 0. The van der Waals surface area contributed by atoms with Gasteiger partial charge in [-0.1, -0.05) is 0 Å². The van der Waals surface area contributed by atoms with Crippen molar-refractivity contribution in [2.75, 3.05) is 31.0 Å². The van der Waals surface area contributed by atoms with Gasteiger partial charge in [-0.2, -0.15) is 4.31 Å². The van der Waals surface area contributed by atoms with Crippen molar-refractivity contribution in [3.8, 4) is 0 Å². The lowest BCUT2D eigenvalue weighted by molar-refractivity contribution is 0.0730. The minimum Gasteiger partial charge on any atom is -0.379 e. The third-order valence-electron chi connectivity index (χ3n) is 5.91. The van der Waals surface area contributed by atoms with E-state index < -0.39 is 20.0 Å². The molecule has 1 saturated heterocycles. The van der Waals surface area contributed by atoms with E-state index in [2.05, 4.69) is 4.72 Å². The smallest absolute Gasteiger partial charge is 0.262 e. The molecule has 1 fully saturated rings. The van der Waals surface area contributed by atoms with Crippen molar-refractivity contribution in [1.82, 2.24) is 4.31 Å². The molecule has 2 aromatic rings. The first kappa shape index (κ1) is 22.7. The lowest BCUT2D eigenvalue weighted by Crippen LogP contribution is -2.40. The number of morpholine rings is 1. The molecule has 2 aromatic carbocycles. The molecule has 164 valence electrons. The lowest BCUT2D eigenvalue weighted by Gasteiger charge is -2.26. The Morgan fingerprint density at radius 3 is 1.73 bits per heavy atom. The van der Waals surface area contributed by atoms with Crippen LogP contribution in [0.2, 0.25) is 0 Å². The van der Waals surface area contributed by atoms with E-state index >= 15 is 0 Å². The minimum absolute atomic E-state index is 0.127. The van der Waals surface area contributed by atoms with Gasteiger partial charge in [0.1, 0.15) is 0 Å². The molecule has 0 aliphatic carbocycles. The molecule has 0 saturated carbocycles. The average molecular weight is 453 g/mol. The van der Waals surface area contributed by atoms with E-state index in [-0.39, 0.29) is 9.79 Å². The molecular weight excluding hydrogens is 424 g/mol. The second-order valence-corrected chi connectivity index (χ2v) is 11.2. The Morgan fingerprint density at radius 2 is 1.23 bits per heavy atom. The Balaban J connectivity index is 1.91. The number of nitrogens with one attached hydrogen (secondary N) is 1. The first-order valence-electron chi connectivity index (χ1n) is 9.74. The van der Waals surface area contributed by atoms with Crippen LogP contribution < -0.4 is 4.72 Å². The van der Waals surface area contributed by atoms with E-state index in [1.807, 2.05) is 20.8 Å². The number of nitrogens with zero attached hydrogens (tertiary/aromatic N) is 1. The summed E-state index contributed by atoms with van der Waals surface area (Å²) in [6.45, 7) is 10.8. The number of rotatable bonds is 5. The summed E-state index contributed by atoms with van der Waals surface area (Å²) in [4.78, 5) is 0.398. The van der Waals surface area contributed by atoms with Crippen LogP contribution in [-0.2, 0) is 24.8 Å². The Kier molecular flexibility index (Phi) is 6.29. The van der Waals surface area contributed by atoms with E-state index in [1.165, 1.54) is 28.6 Å². The van der Waals surface area contributed by atoms with Crippen molar-refractivity contribution >= 4 is 25.7 Å². The molecular formula is C21H28N2O5S2. The second kappa shape index (κ2) is 8.30. The number of sulfonamides is 2. The molecule has 0 unspecified atom stereocenters. The monoisotopic (exact) mass is 452 g/mol. The third-order valence-corrected chi connectivity index (χ3v) is 9.48. The van der Waals surface area contributed by atoms with Gasteiger partial charge in [-0.3, -0.25) is 4.72 Å². The van der Waals surface area contributed by atoms with Crippen molar-refractivity contribution < 1.29 is 21.6 Å².